The summed E-state index contributed by atoms with van der Waals surface area (Å²) in [5.41, 5.74) is 1.42. The molecule has 0 bridgehead atoms. The van der Waals surface area contributed by atoms with E-state index in [-0.39, 0.29) is 4.90 Å². The predicted molar refractivity (Wildman–Crippen MR) is 108 cm³/mol. The first-order valence-electron chi connectivity index (χ1n) is 9.44. The fourth-order valence-electron chi connectivity index (χ4n) is 3.40. The van der Waals surface area contributed by atoms with Gasteiger partial charge >= 0.3 is 0 Å². The first kappa shape index (κ1) is 19.5. The smallest absolute Gasteiger partial charge is 0.268 e. The molecule has 4 nitrogen and oxygen atoms in total. The minimum atomic E-state index is -3.54. The molecule has 2 aromatic carbocycles. The first-order chi connectivity index (χ1) is 13.1. The number of hydrogen-bond acceptors (Lipinski definition) is 3. The number of rotatable bonds is 6. The lowest BCUT2D eigenvalue weighted by Crippen LogP contribution is -2.34. The lowest BCUT2D eigenvalue weighted by Gasteiger charge is -2.31. The molecule has 2 aromatic rings. The van der Waals surface area contributed by atoms with Gasteiger partial charge in [0.2, 0.25) is 0 Å². The molecule has 1 fully saturated rings. The molecule has 0 spiro atoms. The van der Waals surface area contributed by atoms with E-state index in [1.807, 2.05) is 0 Å². The van der Waals surface area contributed by atoms with Crippen molar-refractivity contribution in [2.45, 2.75) is 30.6 Å². The van der Waals surface area contributed by atoms with Crippen LogP contribution in [0.25, 0.3) is 0 Å². The van der Waals surface area contributed by atoms with E-state index in [1.54, 1.807) is 30.3 Å². The molecule has 0 saturated carbocycles. The largest absolute Gasteiger partial charge is 0.302 e. The number of benzene rings is 2. The molecule has 1 saturated heterocycles. The van der Waals surface area contributed by atoms with E-state index in [9.17, 15) is 8.42 Å². The van der Waals surface area contributed by atoms with Crippen LogP contribution in [0.2, 0.25) is 0 Å². The summed E-state index contributed by atoms with van der Waals surface area (Å²) in [6.07, 6.45) is 4.25. The van der Waals surface area contributed by atoms with E-state index in [4.69, 9.17) is 0 Å². The number of hydrogen-bond donors (Lipinski definition) is 1. The molecule has 0 aromatic heterocycles. The fraction of sp³-hybridized carbons (Fsp3) is 0.364. The van der Waals surface area contributed by atoms with Gasteiger partial charge in [-0.15, -0.1) is 0 Å². The second kappa shape index (κ2) is 9.59. The van der Waals surface area contributed by atoms with E-state index in [2.05, 4.69) is 51.9 Å². The van der Waals surface area contributed by atoms with Crippen molar-refractivity contribution in [3.05, 3.63) is 66.2 Å². The highest BCUT2D eigenvalue weighted by Crippen LogP contribution is 2.21. The average molecular weight is 383 g/mol. The van der Waals surface area contributed by atoms with Crippen molar-refractivity contribution in [2.75, 3.05) is 19.6 Å². The summed E-state index contributed by atoms with van der Waals surface area (Å²) in [6.45, 7) is 3.07. The Labute approximate surface area is 162 Å². The lowest BCUT2D eigenvalue weighted by atomic mass is 9.90. The molecular weight excluding hydrogens is 356 g/mol. The van der Waals surface area contributed by atoms with Crippen LogP contribution >= 0.6 is 0 Å². The lowest BCUT2D eigenvalue weighted by molar-refractivity contribution is 0.187. The molecular formula is C22H26N2O2S. The Morgan fingerprint density at radius 3 is 2.26 bits per heavy atom. The molecule has 5 heteroatoms. The molecule has 0 atom stereocenters. The summed E-state index contributed by atoms with van der Waals surface area (Å²) in [4.78, 5) is 2.65. The number of sulfonamides is 1. The Morgan fingerprint density at radius 2 is 1.59 bits per heavy atom. The van der Waals surface area contributed by atoms with Crippen LogP contribution in [0.4, 0.5) is 0 Å². The average Bonchev–Trinajstić information content (AvgIpc) is 2.70. The summed E-state index contributed by atoms with van der Waals surface area (Å²) in [6, 6.07) is 21.6. The maximum atomic E-state index is 12.1. The van der Waals surface area contributed by atoms with Gasteiger partial charge in [0.15, 0.2) is 0 Å². The van der Waals surface area contributed by atoms with Crippen LogP contribution in [-0.2, 0) is 16.4 Å². The van der Waals surface area contributed by atoms with Gasteiger partial charge in [-0.2, -0.15) is 0 Å². The molecule has 142 valence electrons. The van der Waals surface area contributed by atoms with E-state index in [0.29, 0.717) is 6.42 Å². The standard InChI is InChI=1S/C22H26N2O2S/c25-27(26,22-11-5-2-6-12-22)23-15-7-8-16-24-17-13-21(14-18-24)19-20-9-3-1-4-10-20/h1-6,9-12,21,23H,8,13-14,16-19H2. The molecule has 27 heavy (non-hydrogen) atoms. The molecule has 3 rings (SSSR count). The molecule has 1 N–H and O–H groups in total. The molecule has 0 radical (unpaired) electrons. The van der Waals surface area contributed by atoms with Crippen LogP contribution in [0, 0.1) is 17.9 Å². The van der Waals surface area contributed by atoms with E-state index >= 15 is 0 Å². The van der Waals surface area contributed by atoms with Crippen molar-refractivity contribution in [3.8, 4) is 12.0 Å². The molecule has 1 heterocycles. The summed E-state index contributed by atoms with van der Waals surface area (Å²) in [5, 5.41) is 0. The van der Waals surface area contributed by atoms with Gasteiger partial charge in [-0.05, 0) is 56.0 Å². The SMILES string of the molecule is O=S(=O)(NC#CCCN1CCC(Cc2ccccc2)CC1)c1ccccc1. The van der Waals surface area contributed by atoms with E-state index in [1.165, 1.54) is 18.4 Å². The number of piperidine rings is 1. The van der Waals surface area contributed by atoms with Gasteiger partial charge in [-0.25, -0.2) is 13.1 Å². The van der Waals surface area contributed by atoms with Gasteiger partial charge in [0, 0.05) is 19.0 Å². The molecule has 0 unspecified atom stereocenters. The minimum absolute atomic E-state index is 0.236. The van der Waals surface area contributed by atoms with Gasteiger partial charge in [0.25, 0.3) is 10.0 Å². The van der Waals surface area contributed by atoms with Crippen LogP contribution in [0.5, 0.6) is 0 Å². The van der Waals surface area contributed by atoms with Gasteiger partial charge in [-0.1, -0.05) is 54.5 Å². The van der Waals surface area contributed by atoms with E-state index in [0.717, 1.165) is 32.0 Å². The highest BCUT2D eigenvalue weighted by atomic mass is 32.2. The highest BCUT2D eigenvalue weighted by molar-refractivity contribution is 7.89. The van der Waals surface area contributed by atoms with Crippen LogP contribution in [0.1, 0.15) is 24.8 Å². The maximum Gasteiger partial charge on any atom is 0.268 e. The van der Waals surface area contributed by atoms with Gasteiger partial charge in [0.05, 0.1) is 4.90 Å². The number of nitrogens with zero attached hydrogens (tertiary/aromatic N) is 1. The van der Waals surface area contributed by atoms with Crippen molar-refractivity contribution in [1.29, 1.82) is 0 Å². The van der Waals surface area contributed by atoms with Crippen molar-refractivity contribution in [3.63, 3.8) is 0 Å². The quantitative estimate of drug-likeness (QED) is 0.616. The van der Waals surface area contributed by atoms with Gasteiger partial charge in [-0.3, -0.25) is 0 Å². The zero-order valence-corrected chi connectivity index (χ0v) is 16.3. The van der Waals surface area contributed by atoms with Crippen molar-refractivity contribution in [1.82, 2.24) is 9.62 Å². The minimum Gasteiger partial charge on any atom is -0.302 e. The Hall–Kier alpha value is -2.29. The zero-order valence-electron chi connectivity index (χ0n) is 15.5. The molecule has 0 aliphatic carbocycles. The monoisotopic (exact) mass is 382 g/mol. The Balaban J connectivity index is 1.37. The summed E-state index contributed by atoms with van der Waals surface area (Å²) in [7, 11) is -3.54. The van der Waals surface area contributed by atoms with Crippen LogP contribution in [-0.4, -0.2) is 33.0 Å². The Bertz CT molecular complexity index is 863. The second-order valence-corrected chi connectivity index (χ2v) is 8.63. The van der Waals surface area contributed by atoms with Crippen molar-refractivity contribution in [2.24, 2.45) is 5.92 Å². The molecule has 0 amide bonds. The predicted octanol–water partition coefficient (Wildman–Crippen LogP) is 3.27. The van der Waals surface area contributed by atoms with Gasteiger partial charge < -0.3 is 4.90 Å². The molecule has 1 aliphatic rings. The maximum absolute atomic E-state index is 12.1. The number of likely N-dealkylation sites (tertiary alicyclic amines) is 1. The van der Waals surface area contributed by atoms with Crippen molar-refractivity contribution >= 4 is 10.0 Å². The van der Waals surface area contributed by atoms with Crippen LogP contribution in [0.3, 0.4) is 0 Å². The second-order valence-electron chi connectivity index (χ2n) is 6.95. The normalized spacial score (nSPS) is 15.7. The fourth-order valence-corrected chi connectivity index (χ4v) is 4.24. The Kier molecular flexibility index (Phi) is 6.92. The third-order valence-corrected chi connectivity index (χ3v) is 6.22. The Morgan fingerprint density at radius 1 is 0.963 bits per heavy atom. The van der Waals surface area contributed by atoms with Crippen LogP contribution < -0.4 is 4.72 Å². The summed E-state index contributed by atoms with van der Waals surface area (Å²) in [5.74, 6) is 3.68. The summed E-state index contributed by atoms with van der Waals surface area (Å²) >= 11 is 0. The van der Waals surface area contributed by atoms with E-state index < -0.39 is 10.0 Å². The van der Waals surface area contributed by atoms with Crippen LogP contribution in [0.15, 0.2) is 65.6 Å². The summed E-state index contributed by atoms with van der Waals surface area (Å²) < 4.78 is 26.5. The third kappa shape index (κ3) is 6.13. The first-order valence-corrected chi connectivity index (χ1v) is 10.9. The topological polar surface area (TPSA) is 49.4 Å². The number of nitrogens with one attached hydrogen (secondary N) is 1. The highest BCUT2D eigenvalue weighted by Gasteiger charge is 2.18. The third-order valence-electron chi connectivity index (χ3n) is 4.95. The molecule has 1 aliphatic heterocycles. The van der Waals surface area contributed by atoms with Gasteiger partial charge in [0.1, 0.15) is 0 Å². The van der Waals surface area contributed by atoms with Crippen molar-refractivity contribution < 1.29 is 8.42 Å². The zero-order chi connectivity index (χ0) is 19.0.